The van der Waals surface area contributed by atoms with E-state index in [0.717, 1.165) is 25.7 Å². The maximum Gasteiger partial charge on any atom is 0.333 e. The Hall–Kier alpha value is -1.74. The summed E-state index contributed by atoms with van der Waals surface area (Å²) in [5, 5.41) is 45.2. The zero-order valence-electron chi connectivity index (χ0n) is 29.0. The van der Waals surface area contributed by atoms with E-state index in [-0.39, 0.29) is 35.2 Å². The van der Waals surface area contributed by atoms with Crippen LogP contribution in [0.4, 0.5) is 0 Å². The number of rotatable bonds is 5. The maximum atomic E-state index is 13.0. The van der Waals surface area contributed by atoms with Gasteiger partial charge in [0.1, 0.15) is 18.3 Å². The van der Waals surface area contributed by atoms with Crippen molar-refractivity contribution in [2.24, 2.45) is 50.2 Å². The molecule has 5 aliphatic carbocycles. The quantitative estimate of drug-likeness (QED) is 0.187. The number of allylic oxidation sites excluding steroid dienone is 3. The van der Waals surface area contributed by atoms with E-state index in [1.807, 2.05) is 20.8 Å². The van der Waals surface area contributed by atoms with Gasteiger partial charge in [0.25, 0.3) is 0 Å². The van der Waals surface area contributed by atoms with Gasteiger partial charge in [-0.3, -0.25) is 4.79 Å². The molecule has 0 aliphatic heterocycles. The zero-order chi connectivity index (χ0) is 33.5. The van der Waals surface area contributed by atoms with Gasteiger partial charge in [-0.2, -0.15) is 0 Å². The van der Waals surface area contributed by atoms with Crippen molar-refractivity contribution in [2.75, 3.05) is 13.2 Å². The van der Waals surface area contributed by atoms with E-state index >= 15 is 0 Å². The molecule has 4 fully saturated rings. The van der Waals surface area contributed by atoms with Gasteiger partial charge in [-0.25, -0.2) is 4.79 Å². The summed E-state index contributed by atoms with van der Waals surface area (Å²) in [5.41, 5.74) is -1.48. The third-order valence-corrected chi connectivity index (χ3v) is 14.8. The van der Waals surface area contributed by atoms with Crippen LogP contribution in [0.1, 0.15) is 107 Å². The van der Waals surface area contributed by atoms with Gasteiger partial charge in [0, 0.05) is 23.3 Å². The number of carbonyl (C=O) groups is 2. The molecule has 45 heavy (non-hydrogen) atoms. The van der Waals surface area contributed by atoms with Crippen LogP contribution in [-0.4, -0.2) is 70.0 Å². The number of aliphatic hydroxyl groups is 4. The van der Waals surface area contributed by atoms with E-state index in [2.05, 4.69) is 26.8 Å². The van der Waals surface area contributed by atoms with Crippen LogP contribution in [0.25, 0.3) is 0 Å². The summed E-state index contributed by atoms with van der Waals surface area (Å²) < 4.78 is 12.2. The lowest BCUT2D eigenvalue weighted by atomic mass is 9.33. The molecule has 0 aromatic carbocycles. The molecule has 5 rings (SSSR count). The van der Waals surface area contributed by atoms with Crippen LogP contribution in [0.5, 0.6) is 0 Å². The summed E-state index contributed by atoms with van der Waals surface area (Å²) in [4.78, 5) is 25.7. The van der Waals surface area contributed by atoms with Gasteiger partial charge >= 0.3 is 11.9 Å². The van der Waals surface area contributed by atoms with Crippen LogP contribution in [0.2, 0.25) is 0 Å². The second kappa shape index (κ2) is 11.2. The molecule has 4 N–H and O–H groups in total. The summed E-state index contributed by atoms with van der Waals surface area (Å²) in [5.74, 6) is -0.824. The van der Waals surface area contributed by atoms with E-state index in [1.165, 1.54) is 12.5 Å². The lowest BCUT2D eigenvalue weighted by Crippen LogP contribution is -2.72. The fraction of sp³-hybridized carbons (Fsp3) is 0.838. The molecule has 8 nitrogen and oxygen atoms in total. The minimum absolute atomic E-state index is 0.0435. The van der Waals surface area contributed by atoms with Gasteiger partial charge in [0.2, 0.25) is 0 Å². The van der Waals surface area contributed by atoms with Crippen LogP contribution in [0.15, 0.2) is 23.3 Å². The van der Waals surface area contributed by atoms with Gasteiger partial charge in [0.05, 0.1) is 24.7 Å². The van der Waals surface area contributed by atoms with Crippen molar-refractivity contribution in [3.05, 3.63) is 23.3 Å². The fourth-order valence-electron chi connectivity index (χ4n) is 11.8. The molecule has 8 heteroatoms. The van der Waals surface area contributed by atoms with E-state index in [0.29, 0.717) is 24.8 Å². The van der Waals surface area contributed by atoms with Gasteiger partial charge in [-0.1, -0.05) is 59.3 Å². The minimum atomic E-state index is -1.26. The van der Waals surface area contributed by atoms with E-state index < -0.39 is 64.6 Å². The summed E-state index contributed by atoms with van der Waals surface area (Å²) >= 11 is 0. The number of hydrogen-bond acceptors (Lipinski definition) is 8. The Morgan fingerprint density at radius 2 is 1.60 bits per heavy atom. The number of aliphatic hydroxyl groups excluding tert-OH is 4. The molecule has 0 unspecified atom stereocenters. The molecule has 0 bridgehead atoms. The Morgan fingerprint density at radius 1 is 0.933 bits per heavy atom. The van der Waals surface area contributed by atoms with E-state index in [4.69, 9.17) is 9.47 Å². The Kier molecular flexibility index (Phi) is 8.58. The average Bonchev–Trinajstić information content (AvgIpc) is 2.97. The zero-order valence-corrected chi connectivity index (χ0v) is 29.0. The highest BCUT2D eigenvalue weighted by Gasteiger charge is 2.73. The standard InChI is InChI=1S/C37H58O8/c1-10-21(2)31(43)45-30-29(42)37(20-39)24(17-32(30,4)5)23-11-12-26-33(6)15-14-27(41)34(7,19-38)25(33)13-16-35(26,8)36(23,9)18-28(37)44-22(3)40/h10-11,24-30,38-39,41-42H,12-20H2,1-9H3/b21-10-/t24-,25+,26+,27-,28+,29-,30-,33-,34+,35+,36+,37-/m0/s1. The summed E-state index contributed by atoms with van der Waals surface area (Å²) in [6.07, 6.45) is 5.68. The van der Waals surface area contributed by atoms with Crippen molar-refractivity contribution in [2.45, 2.75) is 132 Å². The topological polar surface area (TPSA) is 134 Å². The number of ether oxygens (including phenoxy) is 2. The number of fused-ring (bicyclic) bond motifs is 7. The molecule has 0 spiro atoms. The Bertz CT molecular complexity index is 1270. The number of hydrogen-bond donors (Lipinski definition) is 4. The highest BCUT2D eigenvalue weighted by Crippen LogP contribution is 2.76. The highest BCUT2D eigenvalue weighted by molar-refractivity contribution is 5.87. The summed E-state index contributed by atoms with van der Waals surface area (Å²) in [7, 11) is 0. The minimum Gasteiger partial charge on any atom is -0.462 e. The monoisotopic (exact) mass is 630 g/mol. The number of carbonyl (C=O) groups excluding carboxylic acids is 2. The first-order chi connectivity index (χ1) is 20.8. The summed E-state index contributed by atoms with van der Waals surface area (Å²) in [6, 6.07) is 0. The molecule has 0 aromatic heterocycles. The lowest BCUT2D eigenvalue weighted by Gasteiger charge is -2.72. The molecule has 0 amide bonds. The SMILES string of the molecule is C/C=C(/C)C(=O)O[C@H]1[C@H](O)[C@]2(CO)[C@H](OC(C)=O)C[C@]3(C)C(=CC[C@@H]4[C@@]5(C)CC[C@H](O)[C@](C)(CO)[C@@H]5CC[C@]43C)[C@@H]2CC1(C)C. The molecule has 0 radical (unpaired) electrons. The third-order valence-electron chi connectivity index (χ3n) is 14.8. The molecule has 0 saturated heterocycles. The smallest absolute Gasteiger partial charge is 0.333 e. The fourth-order valence-corrected chi connectivity index (χ4v) is 11.8. The van der Waals surface area contributed by atoms with Crippen LogP contribution in [0.3, 0.4) is 0 Å². The lowest BCUT2D eigenvalue weighted by molar-refractivity contribution is -0.266. The molecule has 4 saturated carbocycles. The van der Waals surface area contributed by atoms with Crippen molar-refractivity contribution < 1.29 is 39.5 Å². The maximum absolute atomic E-state index is 13.0. The second-order valence-corrected chi connectivity index (χ2v) is 17.1. The molecule has 12 atom stereocenters. The first-order valence-corrected chi connectivity index (χ1v) is 17.1. The van der Waals surface area contributed by atoms with Crippen LogP contribution in [-0.2, 0) is 19.1 Å². The Labute approximate surface area is 269 Å². The highest BCUT2D eigenvalue weighted by atomic mass is 16.6. The first kappa shape index (κ1) is 34.6. The van der Waals surface area contributed by atoms with Crippen molar-refractivity contribution in [1.29, 1.82) is 0 Å². The second-order valence-electron chi connectivity index (χ2n) is 17.1. The van der Waals surface area contributed by atoms with Crippen molar-refractivity contribution >= 4 is 11.9 Å². The van der Waals surface area contributed by atoms with Gasteiger partial charge < -0.3 is 29.9 Å². The first-order valence-electron chi connectivity index (χ1n) is 17.1. The van der Waals surface area contributed by atoms with E-state index in [9.17, 15) is 30.0 Å². The van der Waals surface area contributed by atoms with Gasteiger partial charge in [-0.05, 0) is 92.8 Å². The van der Waals surface area contributed by atoms with Gasteiger partial charge in [-0.15, -0.1) is 0 Å². The van der Waals surface area contributed by atoms with Crippen LogP contribution < -0.4 is 0 Å². The normalized spacial score (nSPS) is 49.0. The van der Waals surface area contributed by atoms with Crippen molar-refractivity contribution in [1.82, 2.24) is 0 Å². The Morgan fingerprint density at radius 3 is 2.18 bits per heavy atom. The van der Waals surface area contributed by atoms with Gasteiger partial charge in [0.15, 0.2) is 0 Å². The summed E-state index contributed by atoms with van der Waals surface area (Å²) in [6.45, 7) is 17.5. The predicted molar refractivity (Wildman–Crippen MR) is 171 cm³/mol. The largest absolute Gasteiger partial charge is 0.462 e. The van der Waals surface area contributed by atoms with Crippen LogP contribution in [0, 0.1) is 50.2 Å². The molecule has 5 aliphatic rings. The predicted octanol–water partition coefficient (Wildman–Crippen LogP) is 5.11. The molecular formula is C37H58O8. The number of esters is 2. The molecular weight excluding hydrogens is 572 g/mol. The molecule has 0 aromatic rings. The van der Waals surface area contributed by atoms with Crippen molar-refractivity contribution in [3.63, 3.8) is 0 Å². The average molecular weight is 631 g/mol. The molecule has 254 valence electrons. The molecule has 0 heterocycles. The Balaban J connectivity index is 1.64. The van der Waals surface area contributed by atoms with Crippen molar-refractivity contribution in [3.8, 4) is 0 Å². The van der Waals surface area contributed by atoms with Crippen LogP contribution >= 0.6 is 0 Å². The third kappa shape index (κ3) is 4.58. The van der Waals surface area contributed by atoms with E-state index in [1.54, 1.807) is 19.9 Å².